The van der Waals surface area contributed by atoms with Gasteiger partial charge in [-0.3, -0.25) is 0 Å². The van der Waals surface area contributed by atoms with Crippen molar-refractivity contribution in [2.45, 2.75) is 20.0 Å². The Morgan fingerprint density at radius 3 is 1.70 bits per heavy atom. The van der Waals surface area contributed by atoms with Crippen molar-refractivity contribution < 1.29 is 9.47 Å². The average molecular weight is 383 g/mol. The molecule has 0 unspecified atom stereocenters. The van der Waals surface area contributed by atoms with Crippen molar-refractivity contribution in [2.75, 3.05) is 19.1 Å². The molecule has 0 saturated heterocycles. The van der Waals surface area contributed by atoms with Crippen molar-refractivity contribution in [1.29, 1.82) is 0 Å². The van der Waals surface area contributed by atoms with E-state index in [-0.39, 0.29) is 0 Å². The van der Waals surface area contributed by atoms with Crippen molar-refractivity contribution in [1.82, 2.24) is 4.98 Å². The Morgan fingerprint density at radius 1 is 0.815 bits per heavy atom. The summed E-state index contributed by atoms with van der Waals surface area (Å²) in [5.41, 5.74) is 3.24. The number of methoxy groups -OCH3 is 2. The SMILES string of the molecule is COc1ccc(CN(Cc2ccc(OC)cc2)c2cc(Cl)cc(C)n2)cc1. The zero-order valence-corrected chi connectivity index (χ0v) is 16.5. The van der Waals surface area contributed by atoms with E-state index in [0.717, 1.165) is 23.0 Å². The number of pyridine rings is 1. The maximum Gasteiger partial charge on any atom is 0.130 e. The first-order valence-corrected chi connectivity index (χ1v) is 9.10. The van der Waals surface area contributed by atoms with Crippen LogP contribution in [0.15, 0.2) is 60.7 Å². The molecule has 0 radical (unpaired) electrons. The summed E-state index contributed by atoms with van der Waals surface area (Å²) in [4.78, 5) is 6.90. The molecule has 0 aliphatic carbocycles. The van der Waals surface area contributed by atoms with Crippen molar-refractivity contribution in [3.63, 3.8) is 0 Å². The van der Waals surface area contributed by atoms with Gasteiger partial charge in [-0.1, -0.05) is 35.9 Å². The van der Waals surface area contributed by atoms with Crippen LogP contribution in [0.4, 0.5) is 5.82 Å². The van der Waals surface area contributed by atoms with E-state index in [9.17, 15) is 0 Å². The minimum absolute atomic E-state index is 0.687. The normalized spacial score (nSPS) is 10.5. The third-order valence-corrected chi connectivity index (χ3v) is 4.51. The molecule has 3 aromatic rings. The summed E-state index contributed by atoms with van der Waals surface area (Å²) in [6.07, 6.45) is 0. The topological polar surface area (TPSA) is 34.6 Å². The lowest BCUT2D eigenvalue weighted by Gasteiger charge is -2.25. The van der Waals surface area contributed by atoms with Gasteiger partial charge in [0, 0.05) is 23.8 Å². The van der Waals surface area contributed by atoms with Crippen molar-refractivity contribution in [2.24, 2.45) is 0 Å². The van der Waals surface area contributed by atoms with Crippen molar-refractivity contribution in [3.8, 4) is 11.5 Å². The van der Waals surface area contributed by atoms with Crippen LogP contribution in [0.5, 0.6) is 11.5 Å². The van der Waals surface area contributed by atoms with Crippen LogP contribution >= 0.6 is 11.6 Å². The molecule has 3 rings (SSSR count). The van der Waals surface area contributed by atoms with Gasteiger partial charge in [-0.25, -0.2) is 4.98 Å². The number of nitrogens with zero attached hydrogens (tertiary/aromatic N) is 2. The maximum absolute atomic E-state index is 6.28. The number of aromatic nitrogens is 1. The Balaban J connectivity index is 1.88. The molecule has 1 aromatic heterocycles. The quantitative estimate of drug-likeness (QED) is 0.557. The molecule has 2 aromatic carbocycles. The molecule has 0 aliphatic rings. The van der Waals surface area contributed by atoms with Gasteiger partial charge < -0.3 is 14.4 Å². The average Bonchev–Trinajstić information content (AvgIpc) is 2.68. The molecule has 0 saturated carbocycles. The molecule has 5 heteroatoms. The Bertz CT molecular complexity index is 810. The summed E-state index contributed by atoms with van der Waals surface area (Å²) >= 11 is 6.28. The van der Waals surface area contributed by atoms with E-state index in [4.69, 9.17) is 21.1 Å². The number of hydrogen-bond donors (Lipinski definition) is 0. The van der Waals surface area contributed by atoms with Crippen LogP contribution < -0.4 is 14.4 Å². The van der Waals surface area contributed by atoms with Gasteiger partial charge in [-0.05, 0) is 54.4 Å². The monoisotopic (exact) mass is 382 g/mol. The first-order valence-electron chi connectivity index (χ1n) is 8.72. The Morgan fingerprint density at radius 2 is 1.30 bits per heavy atom. The van der Waals surface area contributed by atoms with Crippen LogP contribution in [0.25, 0.3) is 0 Å². The van der Waals surface area contributed by atoms with Gasteiger partial charge >= 0.3 is 0 Å². The molecule has 0 spiro atoms. The van der Waals surface area contributed by atoms with Gasteiger partial charge in [-0.2, -0.15) is 0 Å². The zero-order chi connectivity index (χ0) is 19.2. The molecule has 0 fully saturated rings. The summed E-state index contributed by atoms with van der Waals surface area (Å²) in [5.74, 6) is 2.54. The van der Waals surface area contributed by atoms with E-state index >= 15 is 0 Å². The number of anilines is 1. The van der Waals surface area contributed by atoms with Crippen molar-refractivity contribution >= 4 is 17.4 Å². The van der Waals surface area contributed by atoms with Gasteiger partial charge in [0.15, 0.2) is 0 Å². The summed E-state index contributed by atoms with van der Waals surface area (Å²) in [5, 5.41) is 0.687. The van der Waals surface area contributed by atoms with E-state index < -0.39 is 0 Å². The van der Waals surface area contributed by atoms with Gasteiger partial charge in [-0.15, -0.1) is 0 Å². The van der Waals surface area contributed by atoms with E-state index in [1.807, 2.05) is 43.3 Å². The highest BCUT2D eigenvalue weighted by molar-refractivity contribution is 6.30. The molecule has 4 nitrogen and oxygen atoms in total. The Labute approximate surface area is 165 Å². The fraction of sp³-hybridized carbons (Fsp3) is 0.227. The maximum atomic E-state index is 6.28. The summed E-state index contributed by atoms with van der Waals surface area (Å²) in [6, 6.07) is 19.9. The molecule has 27 heavy (non-hydrogen) atoms. The van der Waals surface area contributed by atoms with Crippen molar-refractivity contribution in [3.05, 3.63) is 82.5 Å². The van der Waals surface area contributed by atoms with Crippen LogP contribution in [-0.4, -0.2) is 19.2 Å². The molecule has 140 valence electrons. The predicted molar refractivity (Wildman–Crippen MR) is 110 cm³/mol. The van der Waals surface area contributed by atoms with Gasteiger partial charge in [0.2, 0.25) is 0 Å². The molecule has 0 aliphatic heterocycles. The second kappa shape index (κ2) is 8.78. The lowest BCUT2D eigenvalue weighted by atomic mass is 10.1. The summed E-state index contributed by atoms with van der Waals surface area (Å²) in [7, 11) is 3.34. The number of ether oxygens (including phenoxy) is 2. The third kappa shape index (κ3) is 5.14. The number of hydrogen-bond acceptors (Lipinski definition) is 4. The minimum Gasteiger partial charge on any atom is -0.497 e. The zero-order valence-electron chi connectivity index (χ0n) is 15.8. The number of rotatable bonds is 7. The van der Waals surface area contributed by atoms with Gasteiger partial charge in [0.1, 0.15) is 17.3 Å². The van der Waals surface area contributed by atoms with Crippen LogP contribution in [0.3, 0.4) is 0 Å². The number of aryl methyl sites for hydroxylation is 1. The highest BCUT2D eigenvalue weighted by Crippen LogP contribution is 2.24. The lowest BCUT2D eigenvalue weighted by Crippen LogP contribution is -2.23. The van der Waals surface area contributed by atoms with Crippen LogP contribution in [0, 0.1) is 6.92 Å². The standard InChI is InChI=1S/C22H23ClN2O2/c1-16-12-19(23)13-22(24-16)25(14-17-4-8-20(26-2)9-5-17)15-18-6-10-21(27-3)11-7-18/h4-13H,14-15H2,1-3H3. The Hall–Kier alpha value is -2.72. The Kier molecular flexibility index (Phi) is 6.20. The smallest absolute Gasteiger partial charge is 0.130 e. The fourth-order valence-corrected chi connectivity index (χ4v) is 3.15. The van der Waals surface area contributed by atoms with E-state index in [1.165, 1.54) is 11.1 Å². The molecule has 0 bridgehead atoms. The van der Waals surface area contributed by atoms with Crippen LogP contribution in [-0.2, 0) is 13.1 Å². The molecule has 0 amide bonds. The molecular formula is C22H23ClN2O2. The van der Waals surface area contributed by atoms with E-state index in [0.29, 0.717) is 18.1 Å². The van der Waals surface area contributed by atoms with Crippen LogP contribution in [0.1, 0.15) is 16.8 Å². The molecule has 0 atom stereocenters. The highest BCUT2D eigenvalue weighted by atomic mass is 35.5. The fourth-order valence-electron chi connectivity index (χ4n) is 2.89. The molecular weight excluding hydrogens is 360 g/mol. The highest BCUT2D eigenvalue weighted by Gasteiger charge is 2.12. The summed E-state index contributed by atoms with van der Waals surface area (Å²) < 4.78 is 10.5. The largest absolute Gasteiger partial charge is 0.497 e. The van der Waals surface area contributed by atoms with Gasteiger partial charge in [0.25, 0.3) is 0 Å². The second-order valence-electron chi connectivity index (χ2n) is 6.34. The van der Waals surface area contributed by atoms with Gasteiger partial charge in [0.05, 0.1) is 14.2 Å². The predicted octanol–water partition coefficient (Wildman–Crippen LogP) is 5.27. The number of benzene rings is 2. The number of halogens is 1. The minimum atomic E-state index is 0.687. The van der Waals surface area contributed by atoms with Crippen LogP contribution in [0.2, 0.25) is 5.02 Å². The first kappa shape index (κ1) is 19.1. The lowest BCUT2D eigenvalue weighted by molar-refractivity contribution is 0.414. The third-order valence-electron chi connectivity index (χ3n) is 4.29. The molecule has 1 heterocycles. The summed E-state index contributed by atoms with van der Waals surface area (Å²) in [6.45, 7) is 3.37. The molecule has 0 N–H and O–H groups in total. The van der Waals surface area contributed by atoms with E-state index in [1.54, 1.807) is 14.2 Å². The second-order valence-corrected chi connectivity index (χ2v) is 6.77. The first-order chi connectivity index (χ1) is 13.1. The van der Waals surface area contributed by atoms with E-state index in [2.05, 4.69) is 34.1 Å².